The summed E-state index contributed by atoms with van der Waals surface area (Å²) in [5.41, 5.74) is 3.65. The summed E-state index contributed by atoms with van der Waals surface area (Å²) in [5, 5.41) is 3.07. The zero-order chi connectivity index (χ0) is 20.7. The van der Waals surface area contributed by atoms with Crippen molar-refractivity contribution in [1.29, 1.82) is 0 Å². The zero-order valence-corrected chi connectivity index (χ0v) is 16.9. The summed E-state index contributed by atoms with van der Waals surface area (Å²) >= 11 is 0. The van der Waals surface area contributed by atoms with Gasteiger partial charge in [0.05, 0.1) is 6.04 Å². The molecule has 3 fully saturated rings. The van der Waals surface area contributed by atoms with Gasteiger partial charge in [0.2, 0.25) is 0 Å². The molecule has 0 saturated carbocycles. The van der Waals surface area contributed by atoms with Gasteiger partial charge in [0.1, 0.15) is 6.10 Å². The summed E-state index contributed by atoms with van der Waals surface area (Å²) in [4.78, 5) is 15.0. The molecule has 1 N–H and O–H groups in total. The minimum absolute atomic E-state index is 0.0240. The van der Waals surface area contributed by atoms with Crippen molar-refractivity contribution in [2.24, 2.45) is 5.92 Å². The number of halogens is 2. The Morgan fingerprint density at radius 1 is 1.00 bits per heavy atom. The monoisotopic (exact) mass is 412 g/mol. The minimum atomic E-state index is -0.860. The number of carbonyl (C=O) groups is 1. The average Bonchev–Trinajstić information content (AvgIpc) is 2.76. The summed E-state index contributed by atoms with van der Waals surface area (Å²) in [6.45, 7) is 3.05. The highest BCUT2D eigenvalue weighted by Gasteiger charge is 2.37. The SMILES string of the molecule is O=C(NC1CCCc2ccc(-c3ccc(F)c(F)c3)cc21)O[C@H]1CN2CCC1CC2. The molecular formula is C24H26F2N2O2. The van der Waals surface area contributed by atoms with E-state index in [4.69, 9.17) is 4.74 Å². The van der Waals surface area contributed by atoms with Crippen LogP contribution in [-0.4, -0.2) is 36.7 Å². The number of carbonyl (C=O) groups excluding carboxylic acids is 1. The van der Waals surface area contributed by atoms with Gasteiger partial charge in [0.15, 0.2) is 11.6 Å². The van der Waals surface area contributed by atoms with E-state index in [2.05, 4.69) is 10.2 Å². The summed E-state index contributed by atoms with van der Waals surface area (Å²) in [5.74, 6) is -1.24. The Labute approximate surface area is 175 Å². The van der Waals surface area contributed by atoms with Gasteiger partial charge in [-0.05, 0) is 91.6 Å². The molecule has 2 aromatic rings. The molecule has 4 aliphatic rings. The van der Waals surface area contributed by atoms with Crippen molar-refractivity contribution in [2.75, 3.05) is 19.6 Å². The van der Waals surface area contributed by atoms with Crippen LogP contribution in [0.3, 0.4) is 0 Å². The van der Waals surface area contributed by atoms with Crippen LogP contribution in [0.25, 0.3) is 11.1 Å². The Morgan fingerprint density at radius 2 is 1.77 bits per heavy atom. The van der Waals surface area contributed by atoms with E-state index < -0.39 is 11.6 Å². The van der Waals surface area contributed by atoms with E-state index in [1.807, 2.05) is 18.2 Å². The van der Waals surface area contributed by atoms with Crippen molar-refractivity contribution in [2.45, 2.75) is 44.2 Å². The molecular weight excluding hydrogens is 386 g/mol. The number of aryl methyl sites for hydroxylation is 1. The molecule has 2 atom stereocenters. The fourth-order valence-electron chi connectivity index (χ4n) is 5.16. The topological polar surface area (TPSA) is 41.6 Å². The molecule has 1 aliphatic carbocycles. The normalized spacial score (nSPS) is 27.4. The number of hydrogen-bond donors (Lipinski definition) is 1. The highest BCUT2D eigenvalue weighted by molar-refractivity contribution is 5.70. The van der Waals surface area contributed by atoms with Crippen LogP contribution in [0.15, 0.2) is 36.4 Å². The van der Waals surface area contributed by atoms with E-state index in [0.717, 1.165) is 68.9 Å². The summed E-state index contributed by atoms with van der Waals surface area (Å²) in [7, 11) is 0. The quantitative estimate of drug-likeness (QED) is 0.785. The summed E-state index contributed by atoms with van der Waals surface area (Å²) in [6.07, 6.45) is 4.59. The van der Waals surface area contributed by atoms with Crippen LogP contribution in [0.5, 0.6) is 0 Å². The predicted octanol–water partition coefficient (Wildman–Crippen LogP) is 4.83. The van der Waals surface area contributed by atoms with Crippen molar-refractivity contribution in [3.63, 3.8) is 0 Å². The Bertz CT molecular complexity index is 956. The number of amides is 1. The molecule has 4 nitrogen and oxygen atoms in total. The Morgan fingerprint density at radius 3 is 2.50 bits per heavy atom. The van der Waals surface area contributed by atoms with Gasteiger partial charge in [-0.15, -0.1) is 0 Å². The van der Waals surface area contributed by atoms with Crippen LogP contribution in [-0.2, 0) is 11.2 Å². The maximum Gasteiger partial charge on any atom is 0.407 e. The predicted molar refractivity (Wildman–Crippen MR) is 110 cm³/mol. The highest BCUT2D eigenvalue weighted by atomic mass is 19.2. The lowest BCUT2D eigenvalue weighted by Crippen LogP contribution is -2.52. The molecule has 3 saturated heterocycles. The van der Waals surface area contributed by atoms with E-state index in [0.29, 0.717) is 11.5 Å². The lowest BCUT2D eigenvalue weighted by atomic mass is 9.85. The smallest absolute Gasteiger partial charge is 0.407 e. The van der Waals surface area contributed by atoms with Crippen molar-refractivity contribution in [3.8, 4) is 11.1 Å². The van der Waals surface area contributed by atoms with Gasteiger partial charge in [-0.1, -0.05) is 18.2 Å². The maximum atomic E-state index is 13.7. The second kappa shape index (κ2) is 7.99. The lowest BCUT2D eigenvalue weighted by molar-refractivity contribution is -0.0340. The number of ether oxygens (including phenoxy) is 1. The first kappa shape index (κ1) is 19.5. The molecule has 6 heteroatoms. The van der Waals surface area contributed by atoms with Crippen molar-refractivity contribution in [3.05, 3.63) is 59.2 Å². The summed E-state index contributed by atoms with van der Waals surface area (Å²) < 4.78 is 32.8. The molecule has 3 aliphatic heterocycles. The molecule has 2 aromatic carbocycles. The fourth-order valence-corrected chi connectivity index (χ4v) is 5.16. The standard InChI is InChI=1S/C24H26F2N2O2/c25-20-7-6-18(13-21(20)26)17-5-4-15-2-1-3-22(19(15)12-17)27-24(29)30-23-14-28-10-8-16(23)9-11-28/h4-7,12-13,16,22-23H,1-3,8-11,14H2,(H,27,29)/t22?,23-/m0/s1. The highest BCUT2D eigenvalue weighted by Crippen LogP contribution is 2.34. The molecule has 30 heavy (non-hydrogen) atoms. The Kier molecular flexibility index (Phi) is 5.19. The third-order valence-corrected chi connectivity index (χ3v) is 6.86. The fraction of sp³-hybridized carbons (Fsp3) is 0.458. The van der Waals surface area contributed by atoms with Crippen LogP contribution >= 0.6 is 0 Å². The maximum absolute atomic E-state index is 13.7. The van der Waals surface area contributed by atoms with Crippen molar-refractivity contribution >= 4 is 6.09 Å². The van der Waals surface area contributed by atoms with Gasteiger partial charge in [0, 0.05) is 6.54 Å². The first-order chi connectivity index (χ1) is 14.6. The van der Waals surface area contributed by atoms with Gasteiger partial charge >= 0.3 is 6.09 Å². The average molecular weight is 412 g/mol. The van der Waals surface area contributed by atoms with E-state index in [1.165, 1.54) is 11.6 Å². The Balaban J connectivity index is 1.32. The molecule has 3 heterocycles. The van der Waals surface area contributed by atoms with Gasteiger partial charge < -0.3 is 10.1 Å². The van der Waals surface area contributed by atoms with Crippen LogP contribution in [0.4, 0.5) is 13.6 Å². The molecule has 0 aromatic heterocycles. The summed E-state index contributed by atoms with van der Waals surface area (Å²) in [6, 6.07) is 9.74. The molecule has 158 valence electrons. The van der Waals surface area contributed by atoms with E-state index >= 15 is 0 Å². The van der Waals surface area contributed by atoms with Gasteiger partial charge in [0.25, 0.3) is 0 Å². The van der Waals surface area contributed by atoms with Crippen molar-refractivity contribution in [1.82, 2.24) is 10.2 Å². The van der Waals surface area contributed by atoms with Crippen molar-refractivity contribution < 1.29 is 18.3 Å². The number of fused-ring (bicyclic) bond motifs is 4. The second-order valence-corrected chi connectivity index (χ2v) is 8.71. The lowest BCUT2D eigenvalue weighted by Gasteiger charge is -2.44. The minimum Gasteiger partial charge on any atom is -0.445 e. The van der Waals surface area contributed by atoms with E-state index in [-0.39, 0.29) is 18.2 Å². The number of nitrogens with zero attached hydrogens (tertiary/aromatic N) is 1. The van der Waals surface area contributed by atoms with Gasteiger partial charge in [-0.25, -0.2) is 13.6 Å². The molecule has 2 bridgehead atoms. The first-order valence-corrected chi connectivity index (χ1v) is 10.8. The third kappa shape index (κ3) is 3.81. The largest absolute Gasteiger partial charge is 0.445 e. The van der Waals surface area contributed by atoms with E-state index in [9.17, 15) is 13.6 Å². The molecule has 0 spiro atoms. The molecule has 0 radical (unpaired) electrons. The van der Waals surface area contributed by atoms with Gasteiger partial charge in [-0.2, -0.15) is 0 Å². The number of rotatable bonds is 3. The van der Waals surface area contributed by atoms with Gasteiger partial charge in [-0.3, -0.25) is 4.90 Å². The van der Waals surface area contributed by atoms with Crippen LogP contribution < -0.4 is 5.32 Å². The molecule has 1 unspecified atom stereocenters. The Hall–Kier alpha value is -2.47. The van der Waals surface area contributed by atoms with Crippen LogP contribution in [0.1, 0.15) is 42.9 Å². The van der Waals surface area contributed by atoms with Crippen LogP contribution in [0, 0.1) is 17.6 Å². The van der Waals surface area contributed by atoms with Crippen LogP contribution in [0.2, 0.25) is 0 Å². The molecule has 1 amide bonds. The third-order valence-electron chi connectivity index (χ3n) is 6.86. The number of hydrogen-bond acceptors (Lipinski definition) is 3. The zero-order valence-electron chi connectivity index (χ0n) is 16.9. The second-order valence-electron chi connectivity index (χ2n) is 8.71. The first-order valence-electron chi connectivity index (χ1n) is 10.8. The molecule has 6 rings (SSSR count). The number of piperidine rings is 3. The number of benzene rings is 2. The van der Waals surface area contributed by atoms with E-state index in [1.54, 1.807) is 6.07 Å². The number of alkyl carbamates (subject to hydrolysis) is 1. The number of nitrogens with one attached hydrogen (secondary N) is 1.